The van der Waals surface area contributed by atoms with Gasteiger partial charge in [-0.2, -0.15) is 65.9 Å². The molecule has 0 spiro atoms. The highest BCUT2D eigenvalue weighted by atomic mass is 19.4. The highest BCUT2D eigenvalue weighted by Crippen LogP contribution is 2.61. The summed E-state index contributed by atoms with van der Waals surface area (Å²) in [6.45, 7) is 0. The summed E-state index contributed by atoms with van der Waals surface area (Å²) in [6, 6.07) is 0. The van der Waals surface area contributed by atoms with Gasteiger partial charge in [-0.3, -0.25) is 0 Å². The SMILES string of the molecule is FC(F)=C(C(F)(F)C(F)(F)F)C(F)(C(F)(F)F)C(F)(F)C(F)(F)F. The predicted molar refractivity (Wildman–Crippen MR) is 41.1 cm³/mol. The van der Waals surface area contributed by atoms with Gasteiger partial charge >= 0.3 is 36.0 Å². The number of hydrogen-bond donors (Lipinski definition) is 0. The predicted octanol–water partition coefficient (Wildman–Crippen LogP) is 5.80. The van der Waals surface area contributed by atoms with Gasteiger partial charge in [-0.05, 0) is 0 Å². The van der Waals surface area contributed by atoms with E-state index < -0.39 is 47.7 Å². The van der Waals surface area contributed by atoms with Crippen LogP contribution in [0.25, 0.3) is 0 Å². The molecule has 0 aromatic rings. The van der Waals surface area contributed by atoms with Crippen molar-refractivity contribution in [2.24, 2.45) is 0 Å². The maximum absolute atomic E-state index is 13.4. The minimum absolute atomic E-state index is 5.05. The van der Waals surface area contributed by atoms with Crippen LogP contribution in [0.5, 0.6) is 0 Å². The van der Waals surface area contributed by atoms with Crippen molar-refractivity contribution in [3.05, 3.63) is 11.7 Å². The van der Waals surface area contributed by atoms with E-state index >= 15 is 0 Å². The van der Waals surface area contributed by atoms with E-state index in [9.17, 15) is 70.2 Å². The molecule has 0 saturated heterocycles. The quantitative estimate of drug-likeness (QED) is 0.526. The number of hydrogen-bond acceptors (Lipinski definition) is 0. The molecule has 0 N–H and O–H groups in total. The largest absolute Gasteiger partial charge is 0.458 e. The summed E-state index contributed by atoms with van der Waals surface area (Å²) in [6.07, 6.45) is -28.3. The van der Waals surface area contributed by atoms with Crippen LogP contribution >= 0.6 is 0 Å². The van der Waals surface area contributed by atoms with Gasteiger partial charge in [0.2, 0.25) is 0 Å². The Hall–Kier alpha value is -1.38. The first-order valence-electron chi connectivity index (χ1n) is 4.77. The second-order valence-electron chi connectivity index (χ2n) is 3.94. The lowest BCUT2D eigenvalue weighted by Crippen LogP contribution is -2.66. The first-order valence-corrected chi connectivity index (χ1v) is 4.77. The number of rotatable bonds is 3. The molecule has 16 heteroatoms. The molecule has 0 radical (unpaired) electrons. The van der Waals surface area contributed by atoms with Crippen molar-refractivity contribution in [2.45, 2.75) is 36.0 Å². The summed E-state index contributed by atoms with van der Waals surface area (Å²) in [4.78, 5) is 0. The van der Waals surface area contributed by atoms with Gasteiger partial charge in [-0.25, -0.2) is 4.39 Å². The van der Waals surface area contributed by atoms with Gasteiger partial charge in [0, 0.05) is 0 Å². The zero-order valence-electron chi connectivity index (χ0n) is 10.0. The third-order valence-electron chi connectivity index (χ3n) is 2.38. The molecule has 0 aliphatic carbocycles. The van der Waals surface area contributed by atoms with Crippen LogP contribution in [0.15, 0.2) is 11.7 Å². The second kappa shape index (κ2) is 5.57. The highest BCUT2D eigenvalue weighted by molar-refractivity contribution is 5.34. The molecule has 1 atom stereocenters. The minimum atomic E-state index is -8.11. The molecule has 24 heavy (non-hydrogen) atoms. The van der Waals surface area contributed by atoms with Crippen molar-refractivity contribution < 1.29 is 70.2 Å². The Bertz CT molecular complexity index is 496. The van der Waals surface area contributed by atoms with Crippen molar-refractivity contribution in [3.8, 4) is 0 Å². The Morgan fingerprint density at radius 3 is 0.958 bits per heavy atom. The van der Waals surface area contributed by atoms with Gasteiger partial charge < -0.3 is 0 Å². The summed E-state index contributed by atoms with van der Waals surface area (Å²) in [5.74, 6) is -15.8. The van der Waals surface area contributed by atoms with Crippen LogP contribution in [-0.4, -0.2) is 36.0 Å². The molecule has 144 valence electrons. The van der Waals surface area contributed by atoms with E-state index in [-0.39, 0.29) is 0 Å². The molecule has 0 amide bonds. The van der Waals surface area contributed by atoms with Gasteiger partial charge in [-0.15, -0.1) is 0 Å². The van der Waals surface area contributed by atoms with Crippen LogP contribution < -0.4 is 0 Å². The number of alkyl halides is 14. The van der Waals surface area contributed by atoms with Crippen LogP contribution in [0.1, 0.15) is 0 Å². The van der Waals surface area contributed by atoms with Gasteiger partial charge in [-0.1, -0.05) is 0 Å². The van der Waals surface area contributed by atoms with E-state index in [1.54, 1.807) is 0 Å². The molecular weight excluding hydrogens is 400 g/mol. The Kier molecular flexibility index (Phi) is 5.25. The summed E-state index contributed by atoms with van der Waals surface area (Å²) >= 11 is 0. The summed E-state index contributed by atoms with van der Waals surface area (Å²) in [7, 11) is 0. The molecule has 0 bridgehead atoms. The van der Waals surface area contributed by atoms with Crippen LogP contribution in [0.4, 0.5) is 70.2 Å². The van der Waals surface area contributed by atoms with Crippen molar-refractivity contribution >= 4 is 0 Å². The van der Waals surface area contributed by atoms with Gasteiger partial charge in [0.1, 0.15) is 5.57 Å². The molecular formula is C8F16. The van der Waals surface area contributed by atoms with E-state index in [4.69, 9.17) is 0 Å². The fourth-order valence-corrected chi connectivity index (χ4v) is 1.28. The third-order valence-corrected chi connectivity index (χ3v) is 2.38. The Balaban J connectivity index is 7.09. The van der Waals surface area contributed by atoms with Crippen LogP contribution in [0.2, 0.25) is 0 Å². The Morgan fingerprint density at radius 1 is 0.458 bits per heavy atom. The molecule has 0 saturated carbocycles. The van der Waals surface area contributed by atoms with Crippen LogP contribution in [0.3, 0.4) is 0 Å². The first kappa shape index (κ1) is 22.6. The molecule has 0 fully saturated rings. The second-order valence-corrected chi connectivity index (χ2v) is 3.94. The minimum Gasteiger partial charge on any atom is -0.221 e. The number of allylic oxidation sites excluding steroid dienone is 1. The summed E-state index contributed by atoms with van der Waals surface area (Å²) in [5, 5.41) is 0. The van der Waals surface area contributed by atoms with Crippen molar-refractivity contribution in [3.63, 3.8) is 0 Å². The Labute approximate surface area is 119 Å². The summed E-state index contributed by atoms with van der Waals surface area (Å²) < 4.78 is 196. The molecule has 0 heterocycles. The third kappa shape index (κ3) is 3.10. The fourth-order valence-electron chi connectivity index (χ4n) is 1.28. The van der Waals surface area contributed by atoms with Crippen molar-refractivity contribution in [1.82, 2.24) is 0 Å². The lowest BCUT2D eigenvalue weighted by molar-refractivity contribution is -0.383. The molecule has 0 rings (SSSR count). The zero-order chi connectivity index (χ0) is 20.2. The lowest BCUT2D eigenvalue weighted by Gasteiger charge is -2.39. The zero-order valence-corrected chi connectivity index (χ0v) is 10.0. The molecule has 1 unspecified atom stereocenters. The van der Waals surface area contributed by atoms with Crippen LogP contribution in [0, 0.1) is 0 Å². The molecule has 0 aromatic heterocycles. The molecule has 0 nitrogen and oxygen atoms in total. The monoisotopic (exact) mass is 400 g/mol. The van der Waals surface area contributed by atoms with E-state index in [0.717, 1.165) is 0 Å². The topological polar surface area (TPSA) is 0 Å². The molecule has 0 aliphatic rings. The van der Waals surface area contributed by atoms with E-state index in [0.29, 0.717) is 0 Å². The normalized spacial score (nSPS) is 17.5. The standard InChI is InChI=1S/C8F16/c9-2(10)1(4(12,13)7(19,20)21)3(11,6(16,17)18)5(14,15)8(22,23)24. The maximum Gasteiger partial charge on any atom is 0.458 e. The van der Waals surface area contributed by atoms with Crippen molar-refractivity contribution in [2.75, 3.05) is 0 Å². The smallest absolute Gasteiger partial charge is 0.221 e. The number of halogens is 16. The van der Waals surface area contributed by atoms with E-state index in [2.05, 4.69) is 0 Å². The van der Waals surface area contributed by atoms with Gasteiger partial charge in [0.15, 0.2) is 0 Å². The van der Waals surface area contributed by atoms with Crippen molar-refractivity contribution in [1.29, 1.82) is 0 Å². The average molecular weight is 400 g/mol. The Morgan fingerprint density at radius 2 is 0.792 bits per heavy atom. The molecule has 0 aromatic carbocycles. The van der Waals surface area contributed by atoms with E-state index in [1.807, 2.05) is 0 Å². The average Bonchev–Trinajstić information content (AvgIpc) is 2.22. The van der Waals surface area contributed by atoms with Gasteiger partial charge in [0.25, 0.3) is 6.08 Å². The highest BCUT2D eigenvalue weighted by Gasteiger charge is 2.87. The fraction of sp³-hybridized carbons (Fsp3) is 0.750. The first-order chi connectivity index (χ1) is 10.1. The maximum atomic E-state index is 13.4. The van der Waals surface area contributed by atoms with E-state index in [1.165, 1.54) is 0 Å². The van der Waals surface area contributed by atoms with Gasteiger partial charge in [0.05, 0.1) is 0 Å². The summed E-state index contributed by atoms with van der Waals surface area (Å²) in [5.41, 5.74) is -13.5. The molecule has 0 aliphatic heterocycles. The lowest BCUT2D eigenvalue weighted by atomic mass is 9.84. The van der Waals surface area contributed by atoms with Crippen LogP contribution in [-0.2, 0) is 0 Å².